The van der Waals surface area contributed by atoms with Crippen LogP contribution >= 0.6 is 27.7 Å². The molecule has 1 unspecified atom stereocenters. The van der Waals surface area contributed by atoms with E-state index in [1.54, 1.807) is 0 Å². The summed E-state index contributed by atoms with van der Waals surface area (Å²) in [6, 6.07) is 18.0. The molecule has 0 radical (unpaired) electrons. The lowest BCUT2D eigenvalue weighted by Gasteiger charge is -2.19. The smallest absolute Gasteiger partial charge is 0.307 e. The number of carbonyl (C=O) groups excluding carboxylic acids is 1. The molecule has 0 saturated carbocycles. The molecule has 0 N–H and O–H groups in total. The minimum Gasteiger partial charge on any atom is -0.430 e. The molecule has 0 aliphatic rings. The van der Waals surface area contributed by atoms with Gasteiger partial charge in [0.05, 0.1) is 0 Å². The minimum atomic E-state index is -0.317. The molecule has 0 aromatic heterocycles. The molecule has 2 rings (SSSR count). The van der Waals surface area contributed by atoms with Crippen LogP contribution in [0.5, 0.6) is 0 Å². The van der Waals surface area contributed by atoms with Crippen LogP contribution in [0.4, 0.5) is 0 Å². The molecule has 0 fully saturated rings. The average molecular weight is 403 g/mol. The van der Waals surface area contributed by atoms with E-state index in [2.05, 4.69) is 22.5 Å². The number of hydrogen-bond donors (Lipinski definition) is 0. The first-order chi connectivity index (χ1) is 11.6. The second kappa shape index (κ2) is 9.50. The fourth-order valence-electron chi connectivity index (χ4n) is 2.25. The highest BCUT2D eigenvalue weighted by Gasteiger charge is 2.18. The van der Waals surface area contributed by atoms with Crippen LogP contribution in [0.1, 0.15) is 24.8 Å². The van der Waals surface area contributed by atoms with Gasteiger partial charge in [-0.3, -0.25) is 4.79 Å². The average Bonchev–Trinajstić information content (AvgIpc) is 2.58. The Morgan fingerprint density at radius 2 is 1.88 bits per heavy atom. The standard InChI is InChI=1S/C20H19BrO2S/c1-3-7-19(16-8-5-4-6-9-16)20(23-15(2)22)14-24-18-12-10-17(21)11-13-18/h3-6,8-14,19H,1,7H2,2H3/b20-14-. The van der Waals surface area contributed by atoms with Crippen LogP contribution in [0.15, 0.2) is 87.8 Å². The largest absolute Gasteiger partial charge is 0.430 e. The lowest BCUT2D eigenvalue weighted by atomic mass is 9.94. The highest BCUT2D eigenvalue weighted by Crippen LogP contribution is 2.33. The molecular formula is C20H19BrO2S. The molecule has 2 aromatic carbocycles. The minimum absolute atomic E-state index is 0.0319. The van der Waals surface area contributed by atoms with Crippen molar-refractivity contribution in [1.82, 2.24) is 0 Å². The molecule has 0 amide bonds. The summed E-state index contributed by atoms with van der Waals surface area (Å²) in [6.45, 7) is 5.26. The molecule has 2 aromatic rings. The van der Waals surface area contributed by atoms with Crippen LogP contribution in [0.2, 0.25) is 0 Å². The molecule has 0 aliphatic heterocycles. The lowest BCUT2D eigenvalue weighted by molar-refractivity contribution is -0.137. The van der Waals surface area contributed by atoms with E-state index in [-0.39, 0.29) is 11.9 Å². The van der Waals surface area contributed by atoms with E-state index in [9.17, 15) is 4.79 Å². The van der Waals surface area contributed by atoms with E-state index >= 15 is 0 Å². The molecule has 0 aliphatic carbocycles. The van der Waals surface area contributed by atoms with Gasteiger partial charge < -0.3 is 4.74 Å². The van der Waals surface area contributed by atoms with Crippen molar-refractivity contribution in [3.63, 3.8) is 0 Å². The molecule has 0 saturated heterocycles. The molecule has 1 atom stereocenters. The highest BCUT2D eigenvalue weighted by molar-refractivity contribution is 9.10. The van der Waals surface area contributed by atoms with Gasteiger partial charge in [0, 0.05) is 27.6 Å². The molecule has 0 bridgehead atoms. The van der Waals surface area contributed by atoms with Gasteiger partial charge in [-0.15, -0.1) is 6.58 Å². The van der Waals surface area contributed by atoms with E-state index in [1.807, 2.05) is 66.1 Å². The van der Waals surface area contributed by atoms with Gasteiger partial charge in [0.25, 0.3) is 0 Å². The molecular weight excluding hydrogens is 384 g/mol. The number of carbonyl (C=O) groups is 1. The zero-order chi connectivity index (χ0) is 17.4. The summed E-state index contributed by atoms with van der Waals surface area (Å²) in [5, 5.41) is 1.91. The third-order valence-electron chi connectivity index (χ3n) is 3.33. The van der Waals surface area contributed by atoms with Crippen molar-refractivity contribution < 1.29 is 9.53 Å². The van der Waals surface area contributed by atoms with Gasteiger partial charge in [0.15, 0.2) is 0 Å². The molecule has 0 heterocycles. The van der Waals surface area contributed by atoms with E-state index in [0.29, 0.717) is 12.2 Å². The predicted octanol–water partition coefficient (Wildman–Crippen LogP) is 6.31. The van der Waals surface area contributed by atoms with Crippen molar-refractivity contribution in [1.29, 1.82) is 0 Å². The van der Waals surface area contributed by atoms with Crippen LogP contribution in [-0.2, 0) is 9.53 Å². The Bertz CT molecular complexity index is 708. The fourth-order valence-corrected chi connectivity index (χ4v) is 3.27. The Hall–Kier alpha value is -1.78. The SMILES string of the molecule is C=CCC(/C(=C/Sc1ccc(Br)cc1)OC(C)=O)c1ccccc1. The molecule has 124 valence electrons. The monoisotopic (exact) mass is 402 g/mol. The zero-order valence-electron chi connectivity index (χ0n) is 13.4. The summed E-state index contributed by atoms with van der Waals surface area (Å²) in [4.78, 5) is 12.6. The van der Waals surface area contributed by atoms with Crippen molar-refractivity contribution in [2.75, 3.05) is 0 Å². The van der Waals surface area contributed by atoms with Gasteiger partial charge in [-0.1, -0.05) is 64.1 Å². The summed E-state index contributed by atoms with van der Waals surface area (Å²) < 4.78 is 6.54. The van der Waals surface area contributed by atoms with Gasteiger partial charge >= 0.3 is 5.97 Å². The number of ether oxygens (including phenoxy) is 1. The maximum Gasteiger partial charge on any atom is 0.307 e. The quantitative estimate of drug-likeness (QED) is 0.235. The summed E-state index contributed by atoms with van der Waals surface area (Å²) in [5.41, 5.74) is 1.10. The van der Waals surface area contributed by atoms with Crippen LogP contribution in [0.3, 0.4) is 0 Å². The first-order valence-corrected chi connectivity index (χ1v) is 9.24. The van der Waals surface area contributed by atoms with Gasteiger partial charge in [0.1, 0.15) is 5.76 Å². The Morgan fingerprint density at radius 1 is 1.21 bits per heavy atom. The zero-order valence-corrected chi connectivity index (χ0v) is 15.8. The summed E-state index contributed by atoms with van der Waals surface area (Å²) in [6.07, 6.45) is 2.54. The maximum atomic E-state index is 11.5. The van der Waals surface area contributed by atoms with Crippen molar-refractivity contribution >= 4 is 33.7 Å². The van der Waals surface area contributed by atoms with Crippen LogP contribution < -0.4 is 0 Å². The van der Waals surface area contributed by atoms with Crippen LogP contribution in [0.25, 0.3) is 0 Å². The summed E-state index contributed by atoms with van der Waals surface area (Å²) >= 11 is 4.96. The second-order valence-corrected chi connectivity index (χ2v) is 7.03. The number of benzene rings is 2. The number of halogens is 1. The van der Waals surface area contributed by atoms with Gasteiger partial charge in [0.2, 0.25) is 0 Å². The first kappa shape index (κ1) is 18.6. The summed E-state index contributed by atoms with van der Waals surface area (Å²) in [7, 11) is 0. The van der Waals surface area contributed by atoms with Crippen molar-refractivity contribution in [2.24, 2.45) is 0 Å². The first-order valence-electron chi connectivity index (χ1n) is 7.56. The second-order valence-electron chi connectivity index (χ2n) is 5.17. The molecule has 24 heavy (non-hydrogen) atoms. The van der Waals surface area contributed by atoms with Crippen LogP contribution in [-0.4, -0.2) is 5.97 Å². The maximum absolute atomic E-state index is 11.5. The van der Waals surface area contributed by atoms with Crippen molar-refractivity contribution in [3.05, 3.63) is 88.5 Å². The lowest BCUT2D eigenvalue weighted by Crippen LogP contribution is -2.08. The molecule has 4 heteroatoms. The number of esters is 1. The normalized spacial score (nSPS) is 12.5. The van der Waals surface area contributed by atoms with Crippen molar-refractivity contribution in [3.8, 4) is 0 Å². The van der Waals surface area contributed by atoms with Crippen molar-refractivity contribution in [2.45, 2.75) is 24.2 Å². The Balaban J connectivity index is 2.30. The van der Waals surface area contributed by atoms with E-state index < -0.39 is 0 Å². The molecule has 2 nitrogen and oxygen atoms in total. The number of thioether (sulfide) groups is 1. The van der Waals surface area contributed by atoms with Gasteiger partial charge in [-0.05, 0) is 36.2 Å². The van der Waals surface area contributed by atoms with Gasteiger partial charge in [-0.2, -0.15) is 0 Å². The van der Waals surface area contributed by atoms with E-state index in [1.165, 1.54) is 18.7 Å². The summed E-state index contributed by atoms with van der Waals surface area (Å²) in [5.74, 6) is 0.291. The Kier molecular flexibility index (Phi) is 7.35. The van der Waals surface area contributed by atoms with Crippen LogP contribution in [0, 0.1) is 0 Å². The fraction of sp³-hybridized carbons (Fsp3) is 0.150. The Morgan fingerprint density at radius 3 is 2.46 bits per heavy atom. The third kappa shape index (κ3) is 5.69. The van der Waals surface area contributed by atoms with E-state index in [4.69, 9.17) is 4.74 Å². The van der Waals surface area contributed by atoms with Gasteiger partial charge in [-0.25, -0.2) is 0 Å². The van der Waals surface area contributed by atoms with E-state index in [0.717, 1.165) is 14.9 Å². The number of rotatable bonds is 7. The predicted molar refractivity (Wildman–Crippen MR) is 104 cm³/mol. The highest BCUT2D eigenvalue weighted by atomic mass is 79.9. The topological polar surface area (TPSA) is 26.3 Å². The third-order valence-corrected chi connectivity index (χ3v) is 4.76. The Labute approximate surface area is 155 Å². The molecule has 0 spiro atoms. The number of allylic oxidation sites excluding steroid dienone is 2. The number of hydrogen-bond acceptors (Lipinski definition) is 3.